The van der Waals surface area contributed by atoms with E-state index in [1.807, 2.05) is 36.1 Å². The first-order chi connectivity index (χ1) is 16.5. The summed E-state index contributed by atoms with van der Waals surface area (Å²) < 4.78 is 52.2. The molecule has 1 N–H and O–H groups in total. The molecule has 188 valence electrons. The van der Waals surface area contributed by atoms with Gasteiger partial charge in [-0.1, -0.05) is 18.2 Å². The number of aromatic amines is 1. The third kappa shape index (κ3) is 4.56. The van der Waals surface area contributed by atoms with Crippen molar-refractivity contribution >= 4 is 10.9 Å². The first-order valence-corrected chi connectivity index (χ1v) is 12.5. The second-order valence-electron chi connectivity index (χ2n) is 11.0. The van der Waals surface area contributed by atoms with E-state index in [0.717, 1.165) is 35.2 Å². The Bertz CT molecular complexity index is 1200. The molecule has 1 saturated heterocycles. The molecule has 3 aromatic rings. The van der Waals surface area contributed by atoms with Crippen molar-refractivity contribution in [3.8, 4) is 5.75 Å². The summed E-state index contributed by atoms with van der Waals surface area (Å²) in [4.78, 5) is 7.52. The number of rotatable bonds is 6. The topological polar surface area (TPSA) is 31.5 Å². The molecule has 5 rings (SSSR count). The minimum absolute atomic E-state index is 0.0535. The van der Waals surface area contributed by atoms with Crippen molar-refractivity contribution < 1.29 is 17.9 Å². The number of alkyl halides is 1. The molecule has 0 aliphatic carbocycles. The molecule has 0 spiro atoms. The van der Waals surface area contributed by atoms with Gasteiger partial charge in [0.05, 0.1) is 6.04 Å². The van der Waals surface area contributed by atoms with Gasteiger partial charge in [-0.05, 0) is 52.7 Å². The first-order valence-electron chi connectivity index (χ1n) is 12.5. The summed E-state index contributed by atoms with van der Waals surface area (Å²) in [5, 5.41) is 1.04. The fourth-order valence-electron chi connectivity index (χ4n) is 5.55. The van der Waals surface area contributed by atoms with Crippen LogP contribution in [-0.4, -0.2) is 58.3 Å². The average Bonchev–Trinajstić information content (AvgIpc) is 3.09. The highest BCUT2D eigenvalue weighted by molar-refractivity contribution is 5.85. The lowest BCUT2D eigenvalue weighted by atomic mass is 9.87. The lowest BCUT2D eigenvalue weighted by molar-refractivity contribution is -0.000240. The standard InChI is InChI=1S/C28H34F3N3O/c1-16(2)33-13-19(14-33)35-18-11-22(29)25(23(30)12-18)27-26-21(20-8-6-7-9-24(20)32-26)10-17(3)34(27)15-28(4,5)31/h6-9,11-12,16-17,19,27,32H,10,13-15H2,1-5H3/t17-,27?/m1/s1. The van der Waals surface area contributed by atoms with Gasteiger partial charge in [-0.2, -0.15) is 0 Å². The zero-order valence-electron chi connectivity index (χ0n) is 21.0. The first kappa shape index (κ1) is 24.2. The number of H-pyrrole nitrogens is 1. The Labute approximate surface area is 205 Å². The number of aromatic nitrogens is 1. The molecule has 0 radical (unpaired) electrons. The van der Waals surface area contributed by atoms with Gasteiger partial charge in [0, 0.05) is 66.0 Å². The lowest BCUT2D eigenvalue weighted by Crippen LogP contribution is -2.56. The summed E-state index contributed by atoms with van der Waals surface area (Å²) in [5.74, 6) is -1.16. The molecule has 2 aliphatic rings. The van der Waals surface area contributed by atoms with Gasteiger partial charge < -0.3 is 9.72 Å². The highest BCUT2D eigenvalue weighted by Crippen LogP contribution is 2.43. The molecule has 35 heavy (non-hydrogen) atoms. The number of halogens is 3. The number of para-hydroxylation sites is 1. The van der Waals surface area contributed by atoms with Crippen LogP contribution in [0.2, 0.25) is 0 Å². The quantitative estimate of drug-likeness (QED) is 0.465. The monoisotopic (exact) mass is 485 g/mol. The smallest absolute Gasteiger partial charge is 0.135 e. The van der Waals surface area contributed by atoms with E-state index in [1.54, 1.807) is 0 Å². The van der Waals surface area contributed by atoms with Crippen LogP contribution in [0.4, 0.5) is 13.2 Å². The zero-order chi connectivity index (χ0) is 25.1. The van der Waals surface area contributed by atoms with Crippen molar-refractivity contribution in [1.82, 2.24) is 14.8 Å². The van der Waals surface area contributed by atoms with Gasteiger partial charge in [0.25, 0.3) is 0 Å². The zero-order valence-corrected chi connectivity index (χ0v) is 21.0. The number of fused-ring (bicyclic) bond motifs is 3. The summed E-state index contributed by atoms with van der Waals surface area (Å²) in [5.41, 5.74) is 1.08. The van der Waals surface area contributed by atoms with Crippen LogP contribution in [0.5, 0.6) is 5.75 Å². The largest absolute Gasteiger partial charge is 0.488 e. The maximum atomic E-state index is 15.7. The molecule has 1 unspecified atom stereocenters. The number of nitrogens with one attached hydrogen (secondary N) is 1. The Morgan fingerprint density at radius 1 is 1.11 bits per heavy atom. The summed E-state index contributed by atoms with van der Waals surface area (Å²) in [6.07, 6.45) is 0.589. The maximum Gasteiger partial charge on any atom is 0.135 e. The molecule has 2 aromatic carbocycles. The maximum absolute atomic E-state index is 15.7. The molecule has 0 bridgehead atoms. The van der Waals surface area contributed by atoms with Crippen LogP contribution >= 0.6 is 0 Å². The molecule has 2 aliphatic heterocycles. The van der Waals surface area contributed by atoms with Gasteiger partial charge in [0.15, 0.2) is 0 Å². The highest BCUT2D eigenvalue weighted by Gasteiger charge is 2.41. The fourth-order valence-corrected chi connectivity index (χ4v) is 5.55. The molecular weight excluding hydrogens is 451 g/mol. The van der Waals surface area contributed by atoms with Gasteiger partial charge in [0.1, 0.15) is 29.2 Å². The summed E-state index contributed by atoms with van der Waals surface area (Å²) >= 11 is 0. The fraction of sp³-hybridized carbons (Fsp3) is 0.500. The van der Waals surface area contributed by atoms with Crippen LogP contribution in [0.25, 0.3) is 10.9 Å². The van der Waals surface area contributed by atoms with Crippen LogP contribution in [0.1, 0.15) is 57.5 Å². The third-order valence-corrected chi connectivity index (χ3v) is 7.31. The minimum Gasteiger partial charge on any atom is -0.488 e. The number of hydrogen-bond donors (Lipinski definition) is 1. The van der Waals surface area contributed by atoms with Gasteiger partial charge in [-0.25, -0.2) is 13.2 Å². The van der Waals surface area contributed by atoms with E-state index in [1.165, 1.54) is 26.0 Å². The lowest BCUT2D eigenvalue weighted by Gasteiger charge is -2.43. The van der Waals surface area contributed by atoms with E-state index in [2.05, 4.69) is 23.7 Å². The van der Waals surface area contributed by atoms with Gasteiger partial charge in [-0.3, -0.25) is 9.80 Å². The van der Waals surface area contributed by atoms with Crippen molar-refractivity contribution in [1.29, 1.82) is 0 Å². The van der Waals surface area contributed by atoms with Crippen molar-refractivity contribution in [2.45, 2.75) is 70.9 Å². The van der Waals surface area contributed by atoms with Gasteiger partial charge in [0.2, 0.25) is 0 Å². The van der Waals surface area contributed by atoms with E-state index in [-0.39, 0.29) is 30.0 Å². The van der Waals surface area contributed by atoms with Crippen molar-refractivity contribution in [3.63, 3.8) is 0 Å². The van der Waals surface area contributed by atoms with E-state index in [4.69, 9.17) is 4.74 Å². The number of nitrogens with zero attached hydrogens (tertiary/aromatic N) is 2. The number of hydrogen-bond acceptors (Lipinski definition) is 3. The van der Waals surface area contributed by atoms with Crippen molar-refractivity contribution in [2.75, 3.05) is 19.6 Å². The molecule has 1 aromatic heterocycles. The Balaban J connectivity index is 1.55. The van der Waals surface area contributed by atoms with Crippen LogP contribution in [-0.2, 0) is 6.42 Å². The number of ether oxygens (including phenoxy) is 1. The van der Waals surface area contributed by atoms with Crippen LogP contribution in [0, 0.1) is 11.6 Å². The van der Waals surface area contributed by atoms with E-state index < -0.39 is 23.3 Å². The van der Waals surface area contributed by atoms with E-state index >= 15 is 8.78 Å². The number of benzene rings is 2. The van der Waals surface area contributed by atoms with Gasteiger partial charge >= 0.3 is 0 Å². The Hall–Kier alpha value is -2.51. The van der Waals surface area contributed by atoms with Crippen molar-refractivity contribution in [3.05, 3.63) is 64.9 Å². The Kier molecular flexibility index (Phi) is 6.12. The number of likely N-dealkylation sites (tertiary alicyclic amines) is 1. The molecule has 2 atom stereocenters. The summed E-state index contributed by atoms with van der Waals surface area (Å²) in [6.45, 7) is 10.7. The third-order valence-electron chi connectivity index (χ3n) is 7.31. The van der Waals surface area contributed by atoms with E-state index in [0.29, 0.717) is 12.5 Å². The van der Waals surface area contributed by atoms with Gasteiger partial charge in [-0.15, -0.1) is 0 Å². The molecule has 0 saturated carbocycles. The van der Waals surface area contributed by atoms with Crippen LogP contribution in [0.3, 0.4) is 0 Å². The molecule has 1 fully saturated rings. The second-order valence-corrected chi connectivity index (χ2v) is 11.0. The highest BCUT2D eigenvalue weighted by atomic mass is 19.1. The summed E-state index contributed by atoms with van der Waals surface area (Å²) in [7, 11) is 0. The molecule has 4 nitrogen and oxygen atoms in total. The Morgan fingerprint density at radius 2 is 1.77 bits per heavy atom. The normalized spacial score (nSPS) is 22.0. The molecular formula is C28H34F3N3O. The predicted octanol–water partition coefficient (Wildman–Crippen LogP) is 6.00. The van der Waals surface area contributed by atoms with Crippen LogP contribution in [0.15, 0.2) is 36.4 Å². The second kappa shape index (κ2) is 8.86. The Morgan fingerprint density at radius 3 is 2.40 bits per heavy atom. The predicted molar refractivity (Wildman–Crippen MR) is 133 cm³/mol. The molecule has 0 amide bonds. The average molecular weight is 486 g/mol. The van der Waals surface area contributed by atoms with E-state index in [9.17, 15) is 4.39 Å². The molecule has 3 heterocycles. The SMILES string of the molecule is CC(C)N1CC(Oc2cc(F)c(C3c4[nH]c5ccccc5c4C[C@@H](C)N3CC(C)(C)F)c(F)c2)C1. The van der Waals surface area contributed by atoms with Crippen LogP contribution < -0.4 is 4.74 Å². The molecule has 7 heteroatoms. The van der Waals surface area contributed by atoms with Crippen molar-refractivity contribution in [2.24, 2.45) is 0 Å². The summed E-state index contributed by atoms with van der Waals surface area (Å²) in [6, 6.07) is 9.95. The minimum atomic E-state index is -1.53.